The van der Waals surface area contributed by atoms with Crippen LogP contribution in [-0.4, -0.2) is 43.2 Å². The van der Waals surface area contributed by atoms with Crippen molar-refractivity contribution < 1.29 is 9.53 Å². The molecule has 2 heterocycles. The zero-order valence-electron chi connectivity index (χ0n) is 14.8. The highest BCUT2D eigenvalue weighted by molar-refractivity contribution is 8.00. The van der Waals surface area contributed by atoms with Gasteiger partial charge < -0.3 is 9.30 Å². The molecule has 0 aliphatic carbocycles. The zero-order chi connectivity index (χ0) is 18.7. The Hall–Kier alpha value is -2.46. The fourth-order valence-electron chi connectivity index (χ4n) is 2.17. The van der Waals surface area contributed by atoms with Crippen molar-refractivity contribution in [3.63, 3.8) is 0 Å². The Balaban J connectivity index is 1.69. The summed E-state index contributed by atoms with van der Waals surface area (Å²) >= 11 is 2.68. The van der Waals surface area contributed by atoms with Crippen LogP contribution in [0.3, 0.4) is 0 Å². The molecule has 2 aromatic heterocycles. The molecule has 0 saturated carbocycles. The second kappa shape index (κ2) is 7.83. The SMILES string of the molecule is COc1ccc(-c2nnc(S[C@H](C)C(=O)Nc3nnc(C)s3)n2C)cc1. The summed E-state index contributed by atoms with van der Waals surface area (Å²) in [5.74, 6) is 1.35. The van der Waals surface area contributed by atoms with Crippen LogP contribution in [0.1, 0.15) is 11.9 Å². The number of carbonyl (C=O) groups excluding carboxylic acids is 1. The molecule has 3 aromatic rings. The lowest BCUT2D eigenvalue weighted by molar-refractivity contribution is -0.115. The van der Waals surface area contributed by atoms with Crippen LogP contribution in [0.15, 0.2) is 29.4 Å². The van der Waals surface area contributed by atoms with Gasteiger partial charge in [-0.1, -0.05) is 23.1 Å². The summed E-state index contributed by atoms with van der Waals surface area (Å²) in [7, 11) is 3.50. The standard InChI is InChI=1S/C16H18N6O2S2/c1-9(14(23)17-15-20-18-10(2)26-15)25-16-21-19-13(22(16)3)11-5-7-12(24-4)8-6-11/h5-9H,1-4H3,(H,17,20,23)/t9-/m1/s1. The summed E-state index contributed by atoms with van der Waals surface area (Å²) < 4.78 is 7.04. The van der Waals surface area contributed by atoms with Gasteiger partial charge in [-0.2, -0.15) is 0 Å². The summed E-state index contributed by atoms with van der Waals surface area (Å²) in [5, 5.41) is 20.6. The van der Waals surface area contributed by atoms with E-state index in [2.05, 4.69) is 25.7 Å². The smallest absolute Gasteiger partial charge is 0.239 e. The van der Waals surface area contributed by atoms with Gasteiger partial charge in [-0.25, -0.2) is 0 Å². The van der Waals surface area contributed by atoms with Gasteiger partial charge in [0.25, 0.3) is 0 Å². The average Bonchev–Trinajstić information content (AvgIpc) is 3.21. The zero-order valence-corrected chi connectivity index (χ0v) is 16.4. The van der Waals surface area contributed by atoms with E-state index in [0.29, 0.717) is 10.3 Å². The molecule has 0 unspecified atom stereocenters. The van der Waals surface area contributed by atoms with Crippen molar-refractivity contribution in [2.75, 3.05) is 12.4 Å². The molecular formula is C16H18N6O2S2. The Morgan fingerprint density at radius 2 is 1.96 bits per heavy atom. The van der Waals surface area contributed by atoms with Gasteiger partial charge in [-0.15, -0.1) is 20.4 Å². The third-order valence-corrected chi connectivity index (χ3v) is 5.48. The van der Waals surface area contributed by atoms with E-state index in [9.17, 15) is 4.79 Å². The van der Waals surface area contributed by atoms with E-state index in [1.54, 1.807) is 7.11 Å². The Labute approximate surface area is 159 Å². The molecule has 0 radical (unpaired) electrons. The molecule has 0 fully saturated rings. The third-order valence-electron chi connectivity index (χ3n) is 3.59. The fraction of sp³-hybridized carbons (Fsp3) is 0.312. The maximum Gasteiger partial charge on any atom is 0.239 e. The van der Waals surface area contributed by atoms with Crippen LogP contribution in [0.4, 0.5) is 5.13 Å². The summed E-state index contributed by atoms with van der Waals surface area (Å²) in [5.41, 5.74) is 0.925. The lowest BCUT2D eigenvalue weighted by Crippen LogP contribution is -2.22. The van der Waals surface area contributed by atoms with Crippen LogP contribution in [0.25, 0.3) is 11.4 Å². The number of thioether (sulfide) groups is 1. The largest absolute Gasteiger partial charge is 0.497 e. The van der Waals surface area contributed by atoms with E-state index in [-0.39, 0.29) is 11.2 Å². The number of anilines is 1. The normalized spacial score (nSPS) is 12.0. The molecule has 0 bridgehead atoms. The summed E-state index contributed by atoms with van der Waals surface area (Å²) in [4.78, 5) is 12.3. The van der Waals surface area contributed by atoms with Gasteiger partial charge in [0, 0.05) is 12.6 Å². The molecule has 0 aliphatic heterocycles. The highest BCUT2D eigenvalue weighted by Gasteiger charge is 2.20. The molecule has 1 N–H and O–H groups in total. The molecule has 1 aromatic carbocycles. The molecule has 26 heavy (non-hydrogen) atoms. The summed E-state index contributed by atoms with van der Waals surface area (Å²) in [6, 6.07) is 7.59. The maximum absolute atomic E-state index is 12.3. The van der Waals surface area contributed by atoms with Crippen molar-refractivity contribution in [3.8, 4) is 17.1 Å². The molecule has 0 spiro atoms. The number of rotatable bonds is 6. The van der Waals surface area contributed by atoms with Gasteiger partial charge >= 0.3 is 0 Å². The van der Waals surface area contributed by atoms with Crippen molar-refractivity contribution in [2.45, 2.75) is 24.3 Å². The van der Waals surface area contributed by atoms with Gasteiger partial charge in [0.2, 0.25) is 11.0 Å². The van der Waals surface area contributed by atoms with Crippen LogP contribution in [0.5, 0.6) is 5.75 Å². The first-order chi connectivity index (χ1) is 12.5. The molecule has 1 atom stereocenters. The minimum atomic E-state index is -0.356. The van der Waals surface area contributed by atoms with Gasteiger partial charge in [-0.3, -0.25) is 10.1 Å². The molecule has 1 amide bonds. The van der Waals surface area contributed by atoms with E-state index in [1.165, 1.54) is 23.1 Å². The van der Waals surface area contributed by atoms with Crippen molar-refractivity contribution in [2.24, 2.45) is 7.05 Å². The van der Waals surface area contributed by atoms with Gasteiger partial charge in [0.1, 0.15) is 10.8 Å². The molecule has 136 valence electrons. The number of benzene rings is 1. The van der Waals surface area contributed by atoms with Crippen LogP contribution >= 0.6 is 23.1 Å². The predicted molar refractivity (Wildman–Crippen MR) is 102 cm³/mol. The van der Waals surface area contributed by atoms with Crippen LogP contribution in [-0.2, 0) is 11.8 Å². The number of aryl methyl sites for hydroxylation is 1. The summed E-state index contributed by atoms with van der Waals surface area (Å²) in [6.45, 7) is 3.65. The molecule has 3 rings (SSSR count). The molecule has 8 nitrogen and oxygen atoms in total. The highest BCUT2D eigenvalue weighted by atomic mass is 32.2. The fourth-order valence-corrected chi connectivity index (χ4v) is 3.58. The number of hydrogen-bond donors (Lipinski definition) is 1. The van der Waals surface area contributed by atoms with Crippen molar-refractivity contribution in [1.29, 1.82) is 0 Å². The minimum Gasteiger partial charge on any atom is -0.497 e. The first-order valence-electron chi connectivity index (χ1n) is 7.79. The first-order valence-corrected chi connectivity index (χ1v) is 9.49. The first kappa shape index (κ1) is 18.3. The number of nitrogens with zero attached hydrogens (tertiary/aromatic N) is 5. The number of methoxy groups -OCH3 is 1. The number of hydrogen-bond acceptors (Lipinski definition) is 8. The topological polar surface area (TPSA) is 94.8 Å². The summed E-state index contributed by atoms with van der Waals surface area (Å²) in [6.07, 6.45) is 0. The molecular weight excluding hydrogens is 372 g/mol. The third kappa shape index (κ3) is 4.02. The van der Waals surface area contributed by atoms with E-state index >= 15 is 0 Å². The number of nitrogens with one attached hydrogen (secondary N) is 1. The molecule has 0 saturated heterocycles. The van der Waals surface area contributed by atoms with Gasteiger partial charge in [0.05, 0.1) is 12.4 Å². The van der Waals surface area contributed by atoms with Crippen LogP contribution < -0.4 is 10.1 Å². The number of aromatic nitrogens is 5. The van der Waals surface area contributed by atoms with Gasteiger partial charge in [-0.05, 0) is 38.1 Å². The second-order valence-corrected chi connectivity index (χ2v) is 7.96. The Kier molecular flexibility index (Phi) is 5.52. The molecule has 10 heteroatoms. The number of ether oxygens (including phenoxy) is 1. The van der Waals surface area contributed by atoms with Crippen LogP contribution in [0, 0.1) is 6.92 Å². The van der Waals surface area contributed by atoms with Gasteiger partial charge in [0.15, 0.2) is 11.0 Å². The van der Waals surface area contributed by atoms with E-state index < -0.39 is 0 Å². The van der Waals surface area contributed by atoms with Crippen molar-refractivity contribution in [3.05, 3.63) is 29.3 Å². The lowest BCUT2D eigenvalue weighted by Gasteiger charge is -2.10. The average molecular weight is 390 g/mol. The Morgan fingerprint density at radius 3 is 2.58 bits per heavy atom. The van der Waals surface area contributed by atoms with E-state index in [0.717, 1.165) is 22.1 Å². The lowest BCUT2D eigenvalue weighted by atomic mass is 10.2. The Bertz CT molecular complexity index is 906. The number of carbonyl (C=O) groups is 1. The second-order valence-electron chi connectivity index (χ2n) is 5.47. The predicted octanol–water partition coefficient (Wildman–Crippen LogP) is 2.77. The molecule has 0 aliphatic rings. The van der Waals surface area contributed by atoms with E-state index in [1.807, 2.05) is 49.7 Å². The number of amides is 1. The Morgan fingerprint density at radius 1 is 1.23 bits per heavy atom. The van der Waals surface area contributed by atoms with Crippen molar-refractivity contribution >= 4 is 34.1 Å². The minimum absolute atomic E-state index is 0.153. The monoisotopic (exact) mass is 390 g/mol. The quantitative estimate of drug-likeness (QED) is 0.647. The van der Waals surface area contributed by atoms with Crippen molar-refractivity contribution in [1.82, 2.24) is 25.0 Å². The van der Waals surface area contributed by atoms with E-state index in [4.69, 9.17) is 4.74 Å². The van der Waals surface area contributed by atoms with Crippen LogP contribution in [0.2, 0.25) is 0 Å². The highest BCUT2D eigenvalue weighted by Crippen LogP contribution is 2.27. The maximum atomic E-state index is 12.3.